The van der Waals surface area contributed by atoms with Gasteiger partial charge in [0.05, 0.1) is 11.3 Å². The van der Waals surface area contributed by atoms with Gasteiger partial charge in [0.1, 0.15) is 5.75 Å². The van der Waals surface area contributed by atoms with Crippen molar-refractivity contribution in [3.05, 3.63) is 59.7 Å². The standard InChI is InChI=1S/C21H26N2O3/c1-14(2)16-9-6-8-12-19(16)26-13-20(24)23-18-11-7-5-10-17(18)21(25)22-15(3)4/h5-12,14-15H,13H2,1-4H3,(H,22,25)(H,23,24). The first kappa shape index (κ1) is 19.5. The van der Waals surface area contributed by atoms with Crippen LogP contribution in [0.25, 0.3) is 0 Å². The smallest absolute Gasteiger partial charge is 0.262 e. The maximum absolute atomic E-state index is 12.3. The summed E-state index contributed by atoms with van der Waals surface area (Å²) in [6, 6.07) is 14.6. The Hall–Kier alpha value is -2.82. The van der Waals surface area contributed by atoms with Gasteiger partial charge in [0.2, 0.25) is 0 Å². The summed E-state index contributed by atoms with van der Waals surface area (Å²) < 4.78 is 5.68. The Kier molecular flexibility index (Phi) is 6.78. The number of carbonyl (C=O) groups is 2. The lowest BCUT2D eigenvalue weighted by atomic mass is 10.0. The van der Waals surface area contributed by atoms with Crippen LogP contribution in [0.2, 0.25) is 0 Å². The molecule has 0 spiro atoms. The number of anilines is 1. The van der Waals surface area contributed by atoms with Gasteiger partial charge in [0.25, 0.3) is 11.8 Å². The van der Waals surface area contributed by atoms with Crippen LogP contribution in [0.3, 0.4) is 0 Å². The Bertz CT molecular complexity index is 769. The van der Waals surface area contributed by atoms with Crippen LogP contribution in [-0.2, 0) is 4.79 Å². The van der Waals surface area contributed by atoms with E-state index in [9.17, 15) is 9.59 Å². The fourth-order valence-electron chi connectivity index (χ4n) is 2.55. The van der Waals surface area contributed by atoms with Gasteiger partial charge in [0.15, 0.2) is 6.61 Å². The minimum absolute atomic E-state index is 0.0159. The first-order chi connectivity index (χ1) is 12.4. The zero-order valence-electron chi connectivity index (χ0n) is 15.7. The highest BCUT2D eigenvalue weighted by atomic mass is 16.5. The molecule has 0 fully saturated rings. The molecule has 0 bridgehead atoms. The van der Waals surface area contributed by atoms with Crippen molar-refractivity contribution in [2.75, 3.05) is 11.9 Å². The maximum Gasteiger partial charge on any atom is 0.262 e. The molecule has 0 aliphatic heterocycles. The molecule has 0 unspecified atom stereocenters. The van der Waals surface area contributed by atoms with Gasteiger partial charge < -0.3 is 15.4 Å². The van der Waals surface area contributed by atoms with Crippen molar-refractivity contribution in [2.45, 2.75) is 39.7 Å². The summed E-state index contributed by atoms with van der Waals surface area (Å²) >= 11 is 0. The molecular weight excluding hydrogens is 328 g/mol. The van der Waals surface area contributed by atoms with Crippen LogP contribution in [0.15, 0.2) is 48.5 Å². The highest BCUT2D eigenvalue weighted by Gasteiger charge is 2.14. The summed E-state index contributed by atoms with van der Waals surface area (Å²) in [4.78, 5) is 24.6. The fourth-order valence-corrected chi connectivity index (χ4v) is 2.55. The maximum atomic E-state index is 12.3. The predicted molar refractivity (Wildman–Crippen MR) is 104 cm³/mol. The minimum Gasteiger partial charge on any atom is -0.483 e. The third-order valence-electron chi connectivity index (χ3n) is 3.77. The molecule has 26 heavy (non-hydrogen) atoms. The van der Waals surface area contributed by atoms with Crippen LogP contribution in [0.5, 0.6) is 5.75 Å². The lowest BCUT2D eigenvalue weighted by molar-refractivity contribution is -0.118. The average Bonchev–Trinajstić information content (AvgIpc) is 2.60. The summed E-state index contributed by atoms with van der Waals surface area (Å²) in [5.74, 6) is 0.466. The molecule has 0 atom stereocenters. The second kappa shape index (κ2) is 9.04. The number of ether oxygens (including phenoxy) is 1. The second-order valence-corrected chi connectivity index (χ2v) is 6.70. The molecular formula is C21H26N2O3. The summed E-state index contributed by atoms with van der Waals surface area (Å²) in [7, 11) is 0. The van der Waals surface area contributed by atoms with Crippen LogP contribution in [0, 0.1) is 0 Å². The van der Waals surface area contributed by atoms with Crippen LogP contribution < -0.4 is 15.4 Å². The molecule has 0 saturated carbocycles. The van der Waals surface area contributed by atoms with Crippen molar-refractivity contribution < 1.29 is 14.3 Å². The van der Waals surface area contributed by atoms with Crippen LogP contribution in [0.1, 0.15) is 49.5 Å². The van der Waals surface area contributed by atoms with E-state index in [-0.39, 0.29) is 24.5 Å². The number of benzene rings is 2. The van der Waals surface area contributed by atoms with Gasteiger partial charge in [-0.2, -0.15) is 0 Å². The van der Waals surface area contributed by atoms with E-state index in [4.69, 9.17) is 4.74 Å². The van der Waals surface area contributed by atoms with Gasteiger partial charge >= 0.3 is 0 Å². The molecule has 5 heteroatoms. The summed E-state index contributed by atoms with van der Waals surface area (Å²) in [5, 5.41) is 5.59. The number of hydrogen-bond acceptors (Lipinski definition) is 3. The zero-order chi connectivity index (χ0) is 19.1. The van der Waals surface area contributed by atoms with E-state index in [1.54, 1.807) is 24.3 Å². The van der Waals surface area contributed by atoms with Gasteiger partial charge in [-0.1, -0.05) is 44.2 Å². The summed E-state index contributed by atoms with van der Waals surface area (Å²) in [6.45, 7) is 7.81. The SMILES string of the molecule is CC(C)NC(=O)c1ccccc1NC(=O)COc1ccccc1C(C)C. The van der Waals surface area contributed by atoms with Gasteiger partial charge in [-0.25, -0.2) is 0 Å². The molecule has 0 saturated heterocycles. The Morgan fingerprint density at radius 1 is 0.962 bits per heavy atom. The number of amides is 2. The molecule has 0 heterocycles. The lowest BCUT2D eigenvalue weighted by Crippen LogP contribution is -2.31. The van der Waals surface area contributed by atoms with E-state index in [1.165, 1.54) is 0 Å². The number of rotatable bonds is 7. The molecule has 2 aromatic rings. The third kappa shape index (κ3) is 5.34. The number of para-hydroxylation sites is 2. The van der Waals surface area contributed by atoms with Gasteiger partial charge in [-0.3, -0.25) is 9.59 Å². The molecule has 2 amide bonds. The Balaban J connectivity index is 2.04. The highest BCUT2D eigenvalue weighted by molar-refractivity contribution is 6.04. The number of nitrogens with one attached hydrogen (secondary N) is 2. The van der Waals surface area contributed by atoms with Crippen molar-refractivity contribution in [1.29, 1.82) is 0 Å². The van der Waals surface area contributed by atoms with E-state index >= 15 is 0 Å². The van der Waals surface area contributed by atoms with Gasteiger partial charge in [-0.05, 0) is 43.5 Å². The monoisotopic (exact) mass is 354 g/mol. The van der Waals surface area contributed by atoms with Crippen molar-refractivity contribution in [1.82, 2.24) is 5.32 Å². The molecule has 0 aromatic heterocycles. The highest BCUT2D eigenvalue weighted by Crippen LogP contribution is 2.25. The number of carbonyl (C=O) groups excluding carboxylic acids is 2. The molecule has 5 nitrogen and oxygen atoms in total. The van der Waals surface area contributed by atoms with Crippen molar-refractivity contribution in [3.8, 4) is 5.75 Å². The van der Waals surface area contributed by atoms with Crippen molar-refractivity contribution in [2.24, 2.45) is 0 Å². The van der Waals surface area contributed by atoms with Gasteiger partial charge in [-0.15, -0.1) is 0 Å². The van der Waals surface area contributed by atoms with E-state index in [1.807, 2.05) is 38.1 Å². The van der Waals surface area contributed by atoms with E-state index in [0.29, 0.717) is 22.9 Å². The predicted octanol–water partition coefficient (Wildman–Crippen LogP) is 3.97. The van der Waals surface area contributed by atoms with Crippen molar-refractivity contribution in [3.63, 3.8) is 0 Å². The van der Waals surface area contributed by atoms with E-state index in [0.717, 1.165) is 5.56 Å². The fraction of sp³-hybridized carbons (Fsp3) is 0.333. The number of hydrogen-bond donors (Lipinski definition) is 2. The van der Waals surface area contributed by atoms with Crippen LogP contribution in [-0.4, -0.2) is 24.5 Å². The molecule has 0 aliphatic carbocycles. The zero-order valence-corrected chi connectivity index (χ0v) is 15.7. The molecule has 138 valence electrons. The normalized spacial score (nSPS) is 10.7. The quantitative estimate of drug-likeness (QED) is 0.791. The van der Waals surface area contributed by atoms with Crippen LogP contribution in [0.4, 0.5) is 5.69 Å². The summed E-state index contributed by atoms with van der Waals surface area (Å²) in [6.07, 6.45) is 0. The third-order valence-corrected chi connectivity index (χ3v) is 3.77. The largest absolute Gasteiger partial charge is 0.483 e. The van der Waals surface area contributed by atoms with E-state index in [2.05, 4.69) is 24.5 Å². The Morgan fingerprint density at radius 3 is 2.31 bits per heavy atom. The first-order valence-corrected chi connectivity index (χ1v) is 8.80. The van der Waals surface area contributed by atoms with E-state index < -0.39 is 0 Å². The summed E-state index contributed by atoms with van der Waals surface area (Å²) in [5.41, 5.74) is 1.95. The molecule has 0 radical (unpaired) electrons. The first-order valence-electron chi connectivity index (χ1n) is 8.80. The van der Waals surface area contributed by atoms with Crippen LogP contribution >= 0.6 is 0 Å². The average molecular weight is 354 g/mol. The van der Waals surface area contributed by atoms with Crippen molar-refractivity contribution >= 4 is 17.5 Å². The Morgan fingerprint density at radius 2 is 1.62 bits per heavy atom. The molecule has 2 aromatic carbocycles. The Labute approximate surface area is 154 Å². The second-order valence-electron chi connectivity index (χ2n) is 6.70. The molecule has 2 rings (SSSR count). The molecule has 0 aliphatic rings. The van der Waals surface area contributed by atoms with Gasteiger partial charge in [0, 0.05) is 6.04 Å². The lowest BCUT2D eigenvalue weighted by Gasteiger charge is -2.15. The molecule has 2 N–H and O–H groups in total. The minimum atomic E-state index is -0.312. The topological polar surface area (TPSA) is 67.4 Å².